The molecule has 2 aliphatic carbocycles. The van der Waals surface area contributed by atoms with Gasteiger partial charge >= 0.3 is 23.9 Å². The summed E-state index contributed by atoms with van der Waals surface area (Å²) in [6.45, 7) is 7.44. The van der Waals surface area contributed by atoms with E-state index in [9.17, 15) is 19.2 Å². The van der Waals surface area contributed by atoms with Gasteiger partial charge in [-0.15, -0.1) is 0 Å². The van der Waals surface area contributed by atoms with Crippen LogP contribution < -0.4 is 10.4 Å². The van der Waals surface area contributed by atoms with Gasteiger partial charge in [-0.25, -0.2) is 0 Å². The molecule has 7 rings (SSSR count). The number of hydrogen-bond acceptors (Lipinski definition) is 9. The number of carbonyl (C=O) groups is 4. The number of cyclic esters (lactones) is 1. The van der Waals surface area contributed by atoms with Crippen molar-refractivity contribution >= 4 is 42.6 Å². The Hall–Kier alpha value is -5.06. The van der Waals surface area contributed by atoms with Crippen molar-refractivity contribution in [3.8, 4) is 0 Å². The van der Waals surface area contributed by atoms with Crippen molar-refractivity contribution in [2.75, 3.05) is 34.5 Å². The van der Waals surface area contributed by atoms with Gasteiger partial charge in [0.1, 0.15) is 0 Å². The third-order valence-electron chi connectivity index (χ3n) is 12.1. The fourth-order valence-corrected chi connectivity index (χ4v) is 13.8. The predicted octanol–water partition coefficient (Wildman–Crippen LogP) is 6.06. The molecular formula is C45H50O9Si. The zero-order chi connectivity index (χ0) is 39.5. The average Bonchev–Trinajstić information content (AvgIpc) is 4.12. The van der Waals surface area contributed by atoms with E-state index in [1.54, 1.807) is 0 Å². The molecule has 0 aromatic heterocycles. The highest BCUT2D eigenvalue weighted by atomic mass is 28.4. The van der Waals surface area contributed by atoms with Crippen LogP contribution in [-0.4, -0.2) is 66.7 Å². The van der Waals surface area contributed by atoms with Crippen LogP contribution in [0.1, 0.15) is 57.6 Å². The minimum Gasteiger partial charge on any atom is -0.468 e. The van der Waals surface area contributed by atoms with Crippen LogP contribution in [0.25, 0.3) is 0 Å². The van der Waals surface area contributed by atoms with E-state index in [0.29, 0.717) is 38.9 Å². The van der Waals surface area contributed by atoms with Gasteiger partial charge in [0.25, 0.3) is 8.32 Å². The number of hydrogen-bond donors (Lipinski definition) is 0. The van der Waals surface area contributed by atoms with Crippen molar-refractivity contribution in [2.24, 2.45) is 10.8 Å². The van der Waals surface area contributed by atoms with Crippen LogP contribution in [0.15, 0.2) is 121 Å². The van der Waals surface area contributed by atoms with Crippen molar-refractivity contribution in [1.82, 2.24) is 0 Å². The molecule has 0 N–H and O–H groups in total. The molecule has 9 nitrogen and oxygen atoms in total. The Labute approximate surface area is 324 Å². The molecule has 0 radical (unpaired) electrons. The predicted molar refractivity (Wildman–Crippen MR) is 210 cm³/mol. The van der Waals surface area contributed by atoms with E-state index in [1.807, 2.05) is 72.8 Å². The second-order valence-corrected chi connectivity index (χ2v) is 20.0. The zero-order valence-electron chi connectivity index (χ0n) is 32.5. The molecule has 3 aliphatic rings. The molecule has 4 aromatic rings. The topological polar surface area (TPSA) is 114 Å². The van der Waals surface area contributed by atoms with Gasteiger partial charge in [-0.05, 0) is 52.2 Å². The van der Waals surface area contributed by atoms with Gasteiger partial charge in [0.15, 0.2) is 10.8 Å². The molecule has 288 valence electrons. The minimum absolute atomic E-state index is 0.180. The monoisotopic (exact) mass is 762 g/mol. The van der Waals surface area contributed by atoms with Crippen LogP contribution in [0, 0.1) is 10.8 Å². The van der Waals surface area contributed by atoms with E-state index in [-0.39, 0.29) is 5.04 Å². The highest BCUT2D eigenvalue weighted by Gasteiger charge is 2.80. The molecule has 0 bridgehead atoms. The van der Waals surface area contributed by atoms with Crippen molar-refractivity contribution in [1.29, 1.82) is 0 Å². The molecule has 3 fully saturated rings. The van der Waals surface area contributed by atoms with Crippen molar-refractivity contribution < 1.29 is 42.6 Å². The number of methoxy groups -OCH3 is 3. The first-order valence-electron chi connectivity index (χ1n) is 18.7. The SMILES string of the molecule is COC(=O)C1(C(=O)OC)CC1(CCO[Si](c1ccccc1)(c1ccccc1)C(C)(C)C)c1ccccc1.COC(=O)C12CC1(c1ccccc1)CCOC2=O. The third-order valence-corrected chi connectivity index (χ3v) is 17.2. The van der Waals surface area contributed by atoms with E-state index in [4.69, 9.17) is 23.4 Å². The standard InChI is InChI=1S/C31H36O5Si.C14H14O4/c1-29(2,3)37(25-17-11-7-12-18-25,26-19-13-8-14-20-26)36-22-21-30(24-15-9-6-10-16-24)23-31(30,27(32)34-4)28(33)35-5;1-17-11(15)14-9-13(14,7-8-18-12(14)16)10-5-3-2-4-6-10/h6-20H,21-23H2,1-5H3;2-6H,7-9H2,1H3. The lowest BCUT2D eigenvalue weighted by Gasteiger charge is -2.43. The van der Waals surface area contributed by atoms with Gasteiger partial charge in [0, 0.05) is 17.4 Å². The number of rotatable bonds is 11. The first-order chi connectivity index (χ1) is 26.4. The van der Waals surface area contributed by atoms with Crippen molar-refractivity contribution in [2.45, 2.75) is 62.3 Å². The second kappa shape index (κ2) is 15.2. The summed E-state index contributed by atoms with van der Waals surface area (Å²) in [4.78, 5) is 50.2. The second-order valence-electron chi connectivity index (χ2n) is 15.7. The van der Waals surface area contributed by atoms with Crippen LogP contribution in [0.4, 0.5) is 0 Å². The van der Waals surface area contributed by atoms with E-state index >= 15 is 0 Å². The summed E-state index contributed by atoms with van der Waals surface area (Å²) in [6.07, 6.45) is 1.98. The van der Waals surface area contributed by atoms with Crippen LogP contribution in [0.2, 0.25) is 5.04 Å². The van der Waals surface area contributed by atoms with Crippen molar-refractivity contribution in [3.05, 3.63) is 132 Å². The molecule has 3 atom stereocenters. The fourth-order valence-electron chi connectivity index (χ4n) is 9.26. The third kappa shape index (κ3) is 6.29. The van der Waals surface area contributed by atoms with Crippen LogP contribution in [0.5, 0.6) is 0 Å². The molecule has 1 heterocycles. The Bertz CT molecular complexity index is 1930. The summed E-state index contributed by atoms with van der Waals surface area (Å²) in [5.41, 5.74) is -1.74. The Morgan fingerprint density at radius 3 is 1.56 bits per heavy atom. The van der Waals surface area contributed by atoms with Crippen LogP contribution >= 0.6 is 0 Å². The van der Waals surface area contributed by atoms with Gasteiger partial charge < -0.3 is 23.4 Å². The van der Waals surface area contributed by atoms with Gasteiger partial charge in [0.2, 0.25) is 0 Å². The molecule has 55 heavy (non-hydrogen) atoms. The average molecular weight is 763 g/mol. The maximum absolute atomic E-state index is 13.1. The molecule has 1 aliphatic heterocycles. The number of esters is 4. The Morgan fingerprint density at radius 2 is 1.11 bits per heavy atom. The molecule has 1 saturated heterocycles. The quantitative estimate of drug-likeness (QED) is 0.0779. The van der Waals surface area contributed by atoms with Gasteiger partial charge in [0.05, 0.1) is 27.9 Å². The molecule has 0 spiro atoms. The lowest BCUT2D eigenvalue weighted by molar-refractivity contribution is -0.168. The van der Waals surface area contributed by atoms with Gasteiger partial charge in [-0.3, -0.25) is 19.2 Å². The maximum Gasteiger partial charge on any atom is 0.324 e. The number of ether oxygens (including phenoxy) is 4. The fraction of sp³-hybridized carbons (Fsp3) is 0.378. The van der Waals surface area contributed by atoms with Gasteiger partial charge in [-0.2, -0.15) is 0 Å². The minimum atomic E-state index is -2.77. The number of benzene rings is 4. The Kier molecular flexibility index (Phi) is 11.0. The number of fused-ring (bicyclic) bond motifs is 1. The molecule has 2 saturated carbocycles. The first kappa shape index (κ1) is 39.6. The Morgan fingerprint density at radius 1 is 0.655 bits per heavy atom. The first-order valence-corrected chi connectivity index (χ1v) is 20.6. The van der Waals surface area contributed by atoms with E-state index in [2.05, 4.69) is 69.3 Å². The van der Waals surface area contributed by atoms with E-state index < -0.39 is 53.9 Å². The van der Waals surface area contributed by atoms with E-state index in [0.717, 1.165) is 11.1 Å². The lowest BCUT2D eigenvalue weighted by atomic mass is 9.82. The molecule has 10 heteroatoms. The summed E-state index contributed by atoms with van der Waals surface area (Å²) < 4.78 is 27.3. The highest BCUT2D eigenvalue weighted by molar-refractivity contribution is 6.99. The van der Waals surface area contributed by atoms with Crippen LogP contribution in [0.3, 0.4) is 0 Å². The normalized spacial score (nSPS) is 23.4. The van der Waals surface area contributed by atoms with Gasteiger partial charge in [-0.1, -0.05) is 142 Å². The molecule has 0 amide bonds. The maximum atomic E-state index is 13.1. The van der Waals surface area contributed by atoms with E-state index in [1.165, 1.54) is 31.7 Å². The zero-order valence-corrected chi connectivity index (χ0v) is 33.5. The summed E-state index contributed by atoms with van der Waals surface area (Å²) >= 11 is 0. The van der Waals surface area contributed by atoms with Crippen LogP contribution in [-0.2, 0) is 53.4 Å². The summed E-state index contributed by atoms with van der Waals surface area (Å²) in [5.74, 6) is -2.04. The summed E-state index contributed by atoms with van der Waals surface area (Å²) in [5, 5.41) is 2.19. The largest absolute Gasteiger partial charge is 0.468 e. The summed E-state index contributed by atoms with van der Waals surface area (Å²) in [6, 6.07) is 40.3. The molecule has 3 unspecified atom stereocenters. The molecular weight excluding hydrogens is 713 g/mol. The Balaban J connectivity index is 0.000000237. The lowest BCUT2D eigenvalue weighted by Crippen LogP contribution is -2.66. The smallest absolute Gasteiger partial charge is 0.324 e. The highest BCUT2D eigenvalue weighted by Crippen LogP contribution is 2.70. The summed E-state index contributed by atoms with van der Waals surface area (Å²) in [7, 11) is 1.18. The number of carbonyl (C=O) groups excluding carboxylic acids is 4. The van der Waals surface area contributed by atoms with Crippen molar-refractivity contribution in [3.63, 3.8) is 0 Å². The molecule has 4 aromatic carbocycles.